The monoisotopic (exact) mass is 572 g/mol. The summed E-state index contributed by atoms with van der Waals surface area (Å²) in [5, 5.41) is 98.8. The lowest BCUT2D eigenvalue weighted by molar-refractivity contribution is -0.0201. The Bertz CT molecular complexity index is 381. The van der Waals surface area contributed by atoms with Crippen LogP contribution in [0.25, 0.3) is 0 Å². The lowest BCUT2D eigenvalue weighted by Gasteiger charge is -2.08. The quantitative estimate of drug-likeness (QED) is 0.0681. The molecular weight excluding hydrogens is 520 g/mol. The predicted molar refractivity (Wildman–Crippen MR) is 133 cm³/mol. The van der Waals surface area contributed by atoms with Gasteiger partial charge in [0.05, 0.1) is 105 Å². The van der Waals surface area contributed by atoms with E-state index in [1.165, 1.54) is 0 Å². The van der Waals surface area contributed by atoms with Gasteiger partial charge in [-0.3, -0.25) is 0 Å². The van der Waals surface area contributed by atoms with Gasteiger partial charge >= 0.3 is 0 Å². The molecule has 12 N–H and O–H groups in total. The first kappa shape index (κ1) is 44.4. The summed E-state index contributed by atoms with van der Waals surface area (Å²) in [7, 11) is 0. The molecule has 16 nitrogen and oxygen atoms in total. The SMILES string of the molecule is C1CO1.CC(O)COCC(O)CO.CC1CO1.OCC(O)CO.OCC(O)CO.OCCOCC(O)CO. The van der Waals surface area contributed by atoms with Gasteiger partial charge in [0.25, 0.3) is 0 Å². The van der Waals surface area contributed by atoms with Gasteiger partial charge in [0.15, 0.2) is 0 Å². The molecular formula is C22H52O16. The molecule has 0 aromatic carbocycles. The maximum absolute atomic E-state index is 8.71. The van der Waals surface area contributed by atoms with Gasteiger partial charge < -0.3 is 80.2 Å². The van der Waals surface area contributed by atoms with Crippen molar-refractivity contribution in [3.63, 3.8) is 0 Å². The predicted octanol–water partition coefficient (Wildman–Crippen LogP) is -5.83. The standard InChI is InChI=1S/C6H14O4.C5H12O4.2C3H8O3.C3H6O.C2H4O/c1-5(8)3-10-4-6(9)2-7;6-1-2-9-4-5(8)3-7;2*4-1-3(6)2-5;1-3-2-4-3;1-2-3-1/h5-9H,2-4H2,1H3;5-8H,1-4H2;2*3-6H,1-2H2;3H,2H2,1H3;1-2H2. The Labute approximate surface area is 223 Å². The summed E-state index contributed by atoms with van der Waals surface area (Å²) in [4.78, 5) is 0. The van der Waals surface area contributed by atoms with Gasteiger partial charge in [0, 0.05) is 0 Å². The van der Waals surface area contributed by atoms with Crippen LogP contribution >= 0.6 is 0 Å². The van der Waals surface area contributed by atoms with Crippen LogP contribution in [0.5, 0.6) is 0 Å². The van der Waals surface area contributed by atoms with Crippen molar-refractivity contribution in [1.29, 1.82) is 0 Å². The summed E-state index contributed by atoms with van der Waals surface area (Å²) >= 11 is 0. The first-order chi connectivity index (χ1) is 18.0. The Morgan fingerprint density at radius 2 is 0.947 bits per heavy atom. The molecule has 4 atom stereocenters. The second kappa shape index (κ2) is 36.4. The fourth-order valence-electron chi connectivity index (χ4n) is 0.976. The van der Waals surface area contributed by atoms with E-state index in [1.54, 1.807) is 6.92 Å². The van der Waals surface area contributed by atoms with E-state index < -0.39 is 30.5 Å². The van der Waals surface area contributed by atoms with Crippen molar-refractivity contribution in [1.82, 2.24) is 0 Å². The highest BCUT2D eigenvalue weighted by Crippen LogP contribution is 2.04. The van der Waals surface area contributed by atoms with Crippen LogP contribution in [0, 0.1) is 0 Å². The molecule has 0 aromatic heterocycles. The lowest BCUT2D eigenvalue weighted by Crippen LogP contribution is -2.22. The maximum atomic E-state index is 8.71. The van der Waals surface area contributed by atoms with Gasteiger partial charge in [-0.1, -0.05) is 0 Å². The first-order valence-corrected chi connectivity index (χ1v) is 12.0. The minimum absolute atomic E-state index is 0.0574. The van der Waals surface area contributed by atoms with Gasteiger partial charge in [-0.2, -0.15) is 0 Å². The van der Waals surface area contributed by atoms with Crippen molar-refractivity contribution in [2.24, 2.45) is 0 Å². The Morgan fingerprint density at radius 1 is 0.632 bits per heavy atom. The molecule has 236 valence electrons. The van der Waals surface area contributed by atoms with E-state index >= 15 is 0 Å². The van der Waals surface area contributed by atoms with E-state index in [0.717, 1.165) is 19.8 Å². The molecule has 2 fully saturated rings. The summed E-state index contributed by atoms with van der Waals surface area (Å²) in [6, 6.07) is 0. The summed E-state index contributed by atoms with van der Waals surface area (Å²) in [5.41, 5.74) is 0. The Morgan fingerprint density at radius 3 is 1.13 bits per heavy atom. The van der Waals surface area contributed by atoms with Crippen molar-refractivity contribution in [3.05, 3.63) is 0 Å². The zero-order chi connectivity index (χ0) is 30.2. The van der Waals surface area contributed by atoms with Crippen molar-refractivity contribution < 1.29 is 80.2 Å². The third-order valence-electron chi connectivity index (χ3n) is 3.18. The first-order valence-electron chi connectivity index (χ1n) is 12.0. The van der Waals surface area contributed by atoms with Crippen LogP contribution in [0.2, 0.25) is 0 Å². The zero-order valence-corrected chi connectivity index (χ0v) is 22.4. The maximum Gasteiger partial charge on any atom is 0.100 e. The highest BCUT2D eigenvalue weighted by Gasteiger charge is 2.13. The van der Waals surface area contributed by atoms with E-state index in [1.807, 2.05) is 0 Å². The fraction of sp³-hybridized carbons (Fsp3) is 1.00. The van der Waals surface area contributed by atoms with E-state index in [0.29, 0.717) is 6.10 Å². The molecule has 0 aliphatic carbocycles. The Kier molecular flexibility index (Phi) is 42.5. The number of aliphatic hydroxyl groups excluding tert-OH is 12. The van der Waals surface area contributed by atoms with Crippen LogP contribution in [0.1, 0.15) is 13.8 Å². The number of ether oxygens (including phenoxy) is 4. The van der Waals surface area contributed by atoms with Crippen molar-refractivity contribution in [2.75, 3.05) is 92.5 Å². The van der Waals surface area contributed by atoms with Gasteiger partial charge in [-0.25, -0.2) is 0 Å². The highest BCUT2D eigenvalue weighted by molar-refractivity contribution is 4.58. The third kappa shape index (κ3) is 60.1. The smallest absolute Gasteiger partial charge is 0.100 e. The van der Waals surface area contributed by atoms with Crippen LogP contribution in [-0.2, 0) is 18.9 Å². The Balaban J connectivity index is -0.000000189. The molecule has 2 aliphatic rings. The average Bonchev–Trinajstić information content (AvgIpc) is 3.85. The number of epoxide rings is 2. The third-order valence-corrected chi connectivity index (χ3v) is 3.18. The normalized spacial score (nSPS) is 16.9. The molecule has 0 aromatic rings. The molecule has 2 saturated heterocycles. The number of aliphatic hydroxyl groups is 12. The summed E-state index contributed by atoms with van der Waals surface area (Å²) in [6.45, 7) is 5.06. The van der Waals surface area contributed by atoms with Gasteiger partial charge in [-0.15, -0.1) is 0 Å². The van der Waals surface area contributed by atoms with Crippen molar-refractivity contribution >= 4 is 0 Å². The van der Waals surface area contributed by atoms with Gasteiger partial charge in [-0.05, 0) is 13.8 Å². The highest BCUT2D eigenvalue weighted by atomic mass is 16.6. The molecule has 2 heterocycles. The van der Waals surface area contributed by atoms with E-state index in [-0.39, 0.29) is 72.7 Å². The second-order valence-corrected chi connectivity index (χ2v) is 7.65. The Hall–Kier alpha value is -0.640. The minimum Gasteiger partial charge on any atom is -0.394 e. The van der Waals surface area contributed by atoms with Crippen LogP contribution in [0.4, 0.5) is 0 Å². The molecule has 0 spiro atoms. The van der Waals surface area contributed by atoms with Crippen LogP contribution in [-0.4, -0.2) is 190 Å². The summed E-state index contributed by atoms with van der Waals surface area (Å²) < 4.78 is 18.7. The molecule has 0 radical (unpaired) electrons. The number of hydrogen-bond donors (Lipinski definition) is 12. The molecule has 4 unspecified atom stereocenters. The van der Waals surface area contributed by atoms with Crippen LogP contribution < -0.4 is 0 Å². The molecule has 2 rings (SSSR count). The molecule has 0 saturated carbocycles. The van der Waals surface area contributed by atoms with E-state index in [9.17, 15) is 0 Å². The number of hydrogen-bond acceptors (Lipinski definition) is 16. The van der Waals surface area contributed by atoms with E-state index in [2.05, 4.69) is 16.4 Å². The zero-order valence-electron chi connectivity index (χ0n) is 22.4. The van der Waals surface area contributed by atoms with Crippen LogP contribution in [0.3, 0.4) is 0 Å². The molecule has 0 amide bonds. The average molecular weight is 573 g/mol. The van der Waals surface area contributed by atoms with Gasteiger partial charge in [0.1, 0.15) is 24.4 Å². The van der Waals surface area contributed by atoms with Gasteiger partial charge in [0.2, 0.25) is 0 Å². The molecule has 0 bridgehead atoms. The summed E-state index contributed by atoms with van der Waals surface area (Å²) in [6.07, 6.45) is -3.50. The van der Waals surface area contributed by atoms with Crippen molar-refractivity contribution in [2.45, 2.75) is 50.5 Å². The summed E-state index contributed by atoms with van der Waals surface area (Å²) in [5.74, 6) is 0. The molecule has 16 heteroatoms. The van der Waals surface area contributed by atoms with Crippen molar-refractivity contribution in [3.8, 4) is 0 Å². The van der Waals surface area contributed by atoms with Crippen LogP contribution in [0.15, 0.2) is 0 Å². The lowest BCUT2D eigenvalue weighted by atomic mass is 10.4. The second-order valence-electron chi connectivity index (χ2n) is 7.65. The topological polar surface area (TPSA) is 286 Å². The fourth-order valence-corrected chi connectivity index (χ4v) is 0.976. The molecule has 38 heavy (non-hydrogen) atoms. The molecule has 2 aliphatic heterocycles. The van der Waals surface area contributed by atoms with E-state index in [4.69, 9.17) is 70.8 Å². The largest absolute Gasteiger partial charge is 0.394 e. The minimum atomic E-state index is -0.954. The number of rotatable bonds is 14.